The lowest BCUT2D eigenvalue weighted by Gasteiger charge is -2.42. The standard InChI is InChI=1S/C11H22N2O2/c1-8(12-5)9-6-13(7-9)10(14)15-11(2,3)4/h8-9,12H,6-7H2,1-5H3. The van der Waals surface area contributed by atoms with Crippen LogP contribution in [0.15, 0.2) is 0 Å². The molecule has 1 amide bonds. The van der Waals surface area contributed by atoms with E-state index in [1.807, 2.05) is 27.8 Å². The molecule has 1 N–H and O–H groups in total. The molecule has 0 bridgehead atoms. The van der Waals surface area contributed by atoms with Crippen molar-refractivity contribution in [3.05, 3.63) is 0 Å². The minimum absolute atomic E-state index is 0.193. The first-order valence-corrected chi connectivity index (χ1v) is 5.48. The normalized spacial score (nSPS) is 19.7. The Morgan fingerprint density at radius 1 is 1.47 bits per heavy atom. The second-order valence-corrected chi connectivity index (χ2v) is 5.22. The summed E-state index contributed by atoms with van der Waals surface area (Å²) in [5.41, 5.74) is -0.392. The van der Waals surface area contributed by atoms with Crippen molar-refractivity contribution in [2.45, 2.75) is 39.3 Å². The Balaban J connectivity index is 2.30. The first kappa shape index (κ1) is 12.3. The molecule has 1 unspecified atom stereocenters. The summed E-state index contributed by atoms with van der Waals surface area (Å²) in [7, 11) is 1.95. The van der Waals surface area contributed by atoms with Gasteiger partial charge in [-0.2, -0.15) is 0 Å². The van der Waals surface area contributed by atoms with E-state index in [2.05, 4.69) is 12.2 Å². The number of rotatable bonds is 2. The largest absolute Gasteiger partial charge is 0.444 e. The molecular formula is C11H22N2O2. The van der Waals surface area contributed by atoms with E-state index in [1.165, 1.54) is 0 Å². The Bertz CT molecular complexity index is 229. The molecule has 1 aliphatic heterocycles. The van der Waals surface area contributed by atoms with Crippen LogP contribution < -0.4 is 5.32 Å². The molecule has 88 valence electrons. The Morgan fingerprint density at radius 2 is 2.00 bits per heavy atom. The van der Waals surface area contributed by atoms with Gasteiger partial charge in [-0.1, -0.05) is 0 Å². The predicted molar refractivity (Wildman–Crippen MR) is 59.8 cm³/mol. The molecule has 15 heavy (non-hydrogen) atoms. The van der Waals surface area contributed by atoms with Crippen LogP contribution in [0, 0.1) is 5.92 Å². The van der Waals surface area contributed by atoms with Crippen LogP contribution in [0.4, 0.5) is 4.79 Å². The third-order valence-electron chi connectivity index (χ3n) is 2.72. The van der Waals surface area contributed by atoms with Crippen LogP contribution in [0.5, 0.6) is 0 Å². The fourth-order valence-corrected chi connectivity index (χ4v) is 1.54. The molecule has 4 nitrogen and oxygen atoms in total. The van der Waals surface area contributed by atoms with Gasteiger partial charge in [0.25, 0.3) is 0 Å². The average Bonchev–Trinajstić information content (AvgIpc) is 1.97. The number of hydrogen-bond acceptors (Lipinski definition) is 3. The lowest BCUT2D eigenvalue weighted by atomic mass is 9.93. The summed E-state index contributed by atoms with van der Waals surface area (Å²) in [6.45, 7) is 9.40. The van der Waals surface area contributed by atoms with E-state index >= 15 is 0 Å². The van der Waals surface area contributed by atoms with Crippen LogP contribution in [0.1, 0.15) is 27.7 Å². The van der Waals surface area contributed by atoms with Gasteiger partial charge in [-0.05, 0) is 34.7 Å². The zero-order chi connectivity index (χ0) is 11.6. The van der Waals surface area contributed by atoms with Gasteiger partial charge in [0.1, 0.15) is 5.60 Å². The highest BCUT2D eigenvalue weighted by molar-refractivity contribution is 5.69. The fraction of sp³-hybridized carbons (Fsp3) is 0.909. The molecule has 0 aliphatic carbocycles. The van der Waals surface area contributed by atoms with Gasteiger partial charge in [0, 0.05) is 25.0 Å². The summed E-state index contributed by atoms with van der Waals surface area (Å²) in [4.78, 5) is 13.3. The molecule has 1 fully saturated rings. The molecule has 1 atom stereocenters. The molecule has 0 radical (unpaired) electrons. The summed E-state index contributed by atoms with van der Waals surface area (Å²) >= 11 is 0. The number of hydrogen-bond donors (Lipinski definition) is 1. The van der Waals surface area contributed by atoms with Crippen LogP contribution in [0.25, 0.3) is 0 Å². The van der Waals surface area contributed by atoms with Crippen LogP contribution in [0.2, 0.25) is 0 Å². The first-order valence-electron chi connectivity index (χ1n) is 5.48. The van der Waals surface area contributed by atoms with E-state index < -0.39 is 5.60 Å². The number of likely N-dealkylation sites (tertiary alicyclic amines) is 1. The molecule has 0 aromatic carbocycles. The minimum atomic E-state index is -0.392. The molecule has 0 aromatic heterocycles. The molecule has 0 aromatic rings. The van der Waals surface area contributed by atoms with Crippen LogP contribution >= 0.6 is 0 Å². The maximum atomic E-state index is 11.6. The van der Waals surface area contributed by atoms with Gasteiger partial charge in [-0.15, -0.1) is 0 Å². The second-order valence-electron chi connectivity index (χ2n) is 5.22. The SMILES string of the molecule is CNC(C)C1CN(C(=O)OC(C)(C)C)C1. The number of nitrogens with one attached hydrogen (secondary N) is 1. The molecule has 1 rings (SSSR count). The van der Waals surface area contributed by atoms with Gasteiger partial charge in [0.2, 0.25) is 0 Å². The second kappa shape index (κ2) is 4.39. The average molecular weight is 214 g/mol. The number of amides is 1. The molecule has 0 spiro atoms. The van der Waals surface area contributed by atoms with Crippen molar-refractivity contribution in [3.8, 4) is 0 Å². The zero-order valence-electron chi connectivity index (χ0n) is 10.3. The van der Waals surface area contributed by atoms with E-state index in [1.54, 1.807) is 4.90 Å². The maximum Gasteiger partial charge on any atom is 0.410 e. The van der Waals surface area contributed by atoms with Crippen molar-refractivity contribution in [3.63, 3.8) is 0 Å². The maximum absolute atomic E-state index is 11.6. The van der Waals surface area contributed by atoms with Gasteiger partial charge >= 0.3 is 6.09 Å². The summed E-state index contributed by atoms with van der Waals surface area (Å²) in [5, 5.41) is 3.20. The van der Waals surface area contributed by atoms with E-state index in [4.69, 9.17) is 4.74 Å². The van der Waals surface area contributed by atoms with E-state index in [9.17, 15) is 4.79 Å². The predicted octanol–water partition coefficient (Wildman–Crippen LogP) is 1.46. The van der Waals surface area contributed by atoms with Gasteiger partial charge in [0.05, 0.1) is 0 Å². The third-order valence-corrected chi connectivity index (χ3v) is 2.72. The molecule has 1 heterocycles. The van der Waals surface area contributed by atoms with E-state index in [0.29, 0.717) is 12.0 Å². The molecule has 0 saturated carbocycles. The van der Waals surface area contributed by atoms with Gasteiger partial charge in [0.15, 0.2) is 0 Å². The zero-order valence-corrected chi connectivity index (χ0v) is 10.3. The van der Waals surface area contributed by atoms with Crippen molar-refractivity contribution in [1.82, 2.24) is 10.2 Å². The van der Waals surface area contributed by atoms with Crippen molar-refractivity contribution < 1.29 is 9.53 Å². The lowest BCUT2D eigenvalue weighted by Crippen LogP contribution is -2.57. The first-order chi connectivity index (χ1) is 6.83. The highest BCUT2D eigenvalue weighted by Crippen LogP contribution is 2.21. The summed E-state index contributed by atoms with van der Waals surface area (Å²) in [6, 6.07) is 0.462. The van der Waals surface area contributed by atoms with Crippen molar-refractivity contribution >= 4 is 6.09 Å². The minimum Gasteiger partial charge on any atom is -0.444 e. The van der Waals surface area contributed by atoms with Crippen LogP contribution in [-0.4, -0.2) is 42.8 Å². The number of nitrogens with zero attached hydrogens (tertiary/aromatic N) is 1. The summed E-state index contributed by atoms with van der Waals surface area (Å²) in [5.74, 6) is 0.558. The number of carbonyl (C=O) groups excluding carboxylic acids is 1. The fourth-order valence-electron chi connectivity index (χ4n) is 1.54. The van der Waals surface area contributed by atoms with Gasteiger partial charge in [-0.3, -0.25) is 0 Å². The van der Waals surface area contributed by atoms with Gasteiger partial charge < -0.3 is 15.0 Å². The van der Waals surface area contributed by atoms with Crippen molar-refractivity contribution in [2.75, 3.05) is 20.1 Å². The van der Waals surface area contributed by atoms with Gasteiger partial charge in [-0.25, -0.2) is 4.79 Å². The van der Waals surface area contributed by atoms with E-state index in [0.717, 1.165) is 13.1 Å². The highest BCUT2D eigenvalue weighted by Gasteiger charge is 2.35. The summed E-state index contributed by atoms with van der Waals surface area (Å²) < 4.78 is 5.27. The van der Waals surface area contributed by atoms with E-state index in [-0.39, 0.29) is 6.09 Å². The van der Waals surface area contributed by atoms with Crippen LogP contribution in [0.3, 0.4) is 0 Å². The van der Waals surface area contributed by atoms with Crippen molar-refractivity contribution in [2.24, 2.45) is 5.92 Å². The quantitative estimate of drug-likeness (QED) is 0.756. The Morgan fingerprint density at radius 3 is 2.40 bits per heavy atom. The monoisotopic (exact) mass is 214 g/mol. The molecule has 1 aliphatic rings. The molecule has 4 heteroatoms. The van der Waals surface area contributed by atoms with Crippen LogP contribution in [-0.2, 0) is 4.74 Å². The smallest absolute Gasteiger partial charge is 0.410 e. The Kier molecular flexibility index (Phi) is 3.60. The lowest BCUT2D eigenvalue weighted by molar-refractivity contribution is -0.00529. The third kappa shape index (κ3) is 3.38. The highest BCUT2D eigenvalue weighted by atomic mass is 16.6. The number of ether oxygens (including phenoxy) is 1. The molecular weight excluding hydrogens is 192 g/mol. The summed E-state index contributed by atoms with van der Waals surface area (Å²) in [6.07, 6.45) is -0.193. The molecule has 1 saturated heterocycles. The Labute approximate surface area is 92.0 Å². The number of carbonyl (C=O) groups is 1. The van der Waals surface area contributed by atoms with Crippen molar-refractivity contribution in [1.29, 1.82) is 0 Å². The topological polar surface area (TPSA) is 41.6 Å². The Hall–Kier alpha value is -0.770.